The summed E-state index contributed by atoms with van der Waals surface area (Å²) in [5.74, 6) is 3.21. The average Bonchev–Trinajstić information content (AvgIpc) is 3.39. The van der Waals surface area contributed by atoms with E-state index >= 15 is 0 Å². The Morgan fingerprint density at radius 2 is 1.82 bits per heavy atom. The molecule has 0 N–H and O–H groups in total. The van der Waals surface area contributed by atoms with E-state index in [9.17, 15) is 0 Å². The van der Waals surface area contributed by atoms with Crippen molar-refractivity contribution in [3.05, 3.63) is 65.0 Å². The summed E-state index contributed by atoms with van der Waals surface area (Å²) in [4.78, 5) is 13.8. The van der Waals surface area contributed by atoms with Gasteiger partial charge in [0.15, 0.2) is 11.6 Å². The molecule has 0 saturated carbocycles. The number of imidazole rings is 1. The lowest BCUT2D eigenvalue weighted by Gasteiger charge is -2.15. The van der Waals surface area contributed by atoms with Crippen molar-refractivity contribution in [2.45, 2.75) is 40.0 Å². The summed E-state index contributed by atoms with van der Waals surface area (Å²) in [7, 11) is 5.21. The van der Waals surface area contributed by atoms with Crippen molar-refractivity contribution in [3.63, 3.8) is 0 Å². The van der Waals surface area contributed by atoms with Gasteiger partial charge in [-0.2, -0.15) is 5.10 Å². The van der Waals surface area contributed by atoms with Crippen LogP contribution in [0.25, 0.3) is 17.2 Å². The third kappa shape index (κ3) is 4.46. The van der Waals surface area contributed by atoms with Gasteiger partial charge in [-0.1, -0.05) is 19.9 Å². The van der Waals surface area contributed by atoms with Gasteiger partial charge in [-0.15, -0.1) is 0 Å². The van der Waals surface area contributed by atoms with Crippen LogP contribution < -0.4 is 9.47 Å². The number of aromatic nitrogens is 6. The summed E-state index contributed by atoms with van der Waals surface area (Å²) in [5, 5.41) is 4.66. The lowest BCUT2D eigenvalue weighted by Crippen LogP contribution is -2.02. The number of pyridine rings is 1. The van der Waals surface area contributed by atoms with Gasteiger partial charge in [0.2, 0.25) is 5.88 Å². The first kappa shape index (κ1) is 22.5. The molecule has 8 heteroatoms. The molecule has 4 aromatic rings. The summed E-state index contributed by atoms with van der Waals surface area (Å²) in [5.41, 5.74) is 5.97. The normalized spacial score (nSPS) is 11.3. The van der Waals surface area contributed by atoms with E-state index in [4.69, 9.17) is 19.4 Å². The predicted molar refractivity (Wildman–Crippen MR) is 127 cm³/mol. The maximum atomic E-state index is 5.58. The van der Waals surface area contributed by atoms with E-state index in [2.05, 4.69) is 43.0 Å². The second-order valence-electron chi connectivity index (χ2n) is 8.47. The van der Waals surface area contributed by atoms with E-state index in [1.807, 2.05) is 36.9 Å². The second-order valence-corrected chi connectivity index (χ2v) is 8.47. The molecule has 0 unspecified atom stereocenters. The molecule has 0 saturated heterocycles. The Labute approximate surface area is 194 Å². The highest BCUT2D eigenvalue weighted by molar-refractivity contribution is 5.56. The maximum absolute atomic E-state index is 5.58. The van der Waals surface area contributed by atoms with Gasteiger partial charge in [0.25, 0.3) is 0 Å². The fraction of sp³-hybridized carbons (Fsp3) is 0.360. The standard InChI is InChI=1S/C25H30N6O2/c1-15(2)19-11-18(16(3)10-22(19)32-6)12-23-28-24(30(5)29-23)20-8-9-21(25(27-20)33-7)31-13-17(4)26-14-31/h8-11,13-15H,12H2,1-7H3. The molecule has 33 heavy (non-hydrogen) atoms. The number of hydrogen-bond acceptors (Lipinski definition) is 6. The van der Waals surface area contributed by atoms with Crippen molar-refractivity contribution in [1.82, 2.24) is 29.3 Å². The minimum atomic E-state index is 0.362. The first-order chi connectivity index (χ1) is 15.8. The van der Waals surface area contributed by atoms with Crippen LogP contribution in [0.2, 0.25) is 0 Å². The van der Waals surface area contributed by atoms with Crippen molar-refractivity contribution < 1.29 is 9.47 Å². The van der Waals surface area contributed by atoms with Gasteiger partial charge in [-0.3, -0.25) is 0 Å². The number of rotatable bonds is 7. The number of aryl methyl sites for hydroxylation is 3. The highest BCUT2D eigenvalue weighted by atomic mass is 16.5. The monoisotopic (exact) mass is 446 g/mol. The highest BCUT2D eigenvalue weighted by Gasteiger charge is 2.17. The van der Waals surface area contributed by atoms with Crippen LogP contribution in [0.5, 0.6) is 11.6 Å². The zero-order valence-electron chi connectivity index (χ0n) is 20.2. The zero-order chi connectivity index (χ0) is 23.7. The summed E-state index contributed by atoms with van der Waals surface area (Å²) in [6.45, 7) is 8.37. The molecule has 3 aromatic heterocycles. The number of ether oxygens (including phenoxy) is 2. The van der Waals surface area contributed by atoms with Crippen LogP contribution in [0, 0.1) is 13.8 Å². The molecule has 8 nitrogen and oxygen atoms in total. The van der Waals surface area contributed by atoms with Gasteiger partial charge in [-0.05, 0) is 54.7 Å². The Kier molecular flexibility index (Phi) is 6.18. The van der Waals surface area contributed by atoms with Gasteiger partial charge in [0.1, 0.15) is 17.1 Å². The van der Waals surface area contributed by atoms with E-state index < -0.39 is 0 Å². The Hall–Kier alpha value is -3.68. The van der Waals surface area contributed by atoms with Crippen LogP contribution in [0.3, 0.4) is 0 Å². The summed E-state index contributed by atoms with van der Waals surface area (Å²) < 4.78 is 14.8. The summed E-state index contributed by atoms with van der Waals surface area (Å²) in [6.07, 6.45) is 4.31. The molecular weight excluding hydrogens is 416 g/mol. The first-order valence-corrected chi connectivity index (χ1v) is 10.9. The minimum Gasteiger partial charge on any atom is -0.496 e. The van der Waals surface area contributed by atoms with Crippen LogP contribution in [-0.2, 0) is 13.5 Å². The quantitative estimate of drug-likeness (QED) is 0.418. The van der Waals surface area contributed by atoms with Crippen molar-refractivity contribution in [1.29, 1.82) is 0 Å². The Bertz CT molecular complexity index is 1290. The third-order valence-corrected chi connectivity index (χ3v) is 5.72. The Morgan fingerprint density at radius 3 is 2.45 bits per heavy atom. The molecule has 0 bridgehead atoms. The SMILES string of the molecule is COc1cc(C)c(Cc2nc(-c3ccc(-n4cnc(C)c4)c(OC)n3)n(C)n2)cc1C(C)C. The average molecular weight is 447 g/mol. The van der Waals surface area contributed by atoms with E-state index in [-0.39, 0.29) is 0 Å². The molecule has 0 fully saturated rings. The Balaban J connectivity index is 1.66. The molecule has 0 radical (unpaired) electrons. The fourth-order valence-electron chi connectivity index (χ4n) is 3.93. The maximum Gasteiger partial charge on any atom is 0.238 e. The predicted octanol–water partition coefficient (Wildman–Crippen LogP) is 4.41. The van der Waals surface area contributed by atoms with Gasteiger partial charge in [0.05, 0.1) is 26.2 Å². The van der Waals surface area contributed by atoms with Gasteiger partial charge in [0, 0.05) is 19.7 Å². The first-order valence-electron chi connectivity index (χ1n) is 10.9. The number of methoxy groups -OCH3 is 2. The van der Waals surface area contributed by atoms with Crippen LogP contribution in [-0.4, -0.2) is 43.5 Å². The Morgan fingerprint density at radius 1 is 1.03 bits per heavy atom. The molecule has 4 rings (SSSR count). The lowest BCUT2D eigenvalue weighted by molar-refractivity contribution is 0.396. The van der Waals surface area contributed by atoms with Crippen molar-refractivity contribution >= 4 is 0 Å². The lowest BCUT2D eigenvalue weighted by atomic mass is 9.95. The van der Waals surface area contributed by atoms with Crippen LogP contribution in [0.1, 0.15) is 48.0 Å². The molecule has 0 aliphatic carbocycles. The van der Waals surface area contributed by atoms with Gasteiger partial charge in [-0.25, -0.2) is 19.6 Å². The molecule has 1 aromatic carbocycles. The van der Waals surface area contributed by atoms with Gasteiger partial charge >= 0.3 is 0 Å². The van der Waals surface area contributed by atoms with Gasteiger partial charge < -0.3 is 14.0 Å². The van der Waals surface area contributed by atoms with Crippen molar-refractivity contribution in [2.24, 2.45) is 7.05 Å². The molecule has 0 amide bonds. The van der Waals surface area contributed by atoms with E-state index in [0.717, 1.165) is 28.5 Å². The van der Waals surface area contributed by atoms with E-state index in [1.165, 1.54) is 11.1 Å². The molecule has 3 heterocycles. The minimum absolute atomic E-state index is 0.362. The summed E-state index contributed by atoms with van der Waals surface area (Å²) in [6, 6.07) is 8.19. The van der Waals surface area contributed by atoms with Crippen LogP contribution in [0.15, 0.2) is 36.8 Å². The largest absolute Gasteiger partial charge is 0.496 e. The molecule has 0 aliphatic rings. The van der Waals surface area contributed by atoms with E-state index in [0.29, 0.717) is 29.7 Å². The number of hydrogen-bond donors (Lipinski definition) is 0. The molecule has 0 atom stereocenters. The smallest absolute Gasteiger partial charge is 0.238 e. The summed E-state index contributed by atoms with van der Waals surface area (Å²) >= 11 is 0. The fourth-order valence-corrected chi connectivity index (χ4v) is 3.93. The van der Waals surface area contributed by atoms with Crippen molar-refractivity contribution in [2.75, 3.05) is 14.2 Å². The molecule has 172 valence electrons. The van der Waals surface area contributed by atoms with Crippen LogP contribution in [0.4, 0.5) is 0 Å². The van der Waals surface area contributed by atoms with Crippen LogP contribution >= 0.6 is 0 Å². The number of benzene rings is 1. The molecule has 0 spiro atoms. The van der Waals surface area contributed by atoms with E-state index in [1.54, 1.807) is 25.2 Å². The highest BCUT2D eigenvalue weighted by Crippen LogP contribution is 2.31. The second kappa shape index (κ2) is 9.05. The molecular formula is C25H30N6O2. The topological polar surface area (TPSA) is 79.9 Å². The number of nitrogens with zero attached hydrogens (tertiary/aromatic N) is 6. The third-order valence-electron chi connectivity index (χ3n) is 5.72. The molecule has 0 aliphatic heterocycles. The zero-order valence-corrected chi connectivity index (χ0v) is 20.2. The van der Waals surface area contributed by atoms with Crippen molar-refractivity contribution in [3.8, 4) is 28.8 Å².